The van der Waals surface area contributed by atoms with Gasteiger partial charge < -0.3 is 9.41 Å². The average molecular weight is 483 g/mol. The predicted octanol–water partition coefficient (Wildman–Crippen LogP) is 0.456. The molecule has 0 bridgehead atoms. The standard InChI is InChI=1S/2C9H11.C2H4.2FH.Hf/c2*1-2-5-9-7-3-6-8(9)4-1;1-2;;;/h2*3,6-7H,1-2,4-5H2;1-2H2;2*1H;/q;;;;;+2/p-2. The van der Waals surface area contributed by atoms with Gasteiger partial charge in [-0.15, -0.1) is 0 Å². The fourth-order valence-corrected chi connectivity index (χ4v) is 31.9. The van der Waals surface area contributed by atoms with Crippen LogP contribution in [0.3, 0.4) is 0 Å². The number of hydrogen-bond acceptors (Lipinski definition) is 0. The molecule has 5 rings (SSSR count). The third kappa shape index (κ3) is 2.62. The van der Waals surface area contributed by atoms with E-state index in [-0.39, 0.29) is 9.41 Å². The monoisotopic (exact) mass is 484 g/mol. The molecule has 0 aromatic heterocycles. The van der Waals surface area contributed by atoms with Gasteiger partial charge in [-0.1, -0.05) is 0 Å². The van der Waals surface area contributed by atoms with Crippen LogP contribution in [0.25, 0.3) is 0 Å². The van der Waals surface area contributed by atoms with E-state index in [0.717, 1.165) is 7.35 Å². The molecule has 4 aliphatic carbocycles. The first kappa shape index (κ1) is 17.5. The van der Waals surface area contributed by atoms with Gasteiger partial charge in [-0.2, -0.15) is 0 Å². The number of hydrogen-bond donors (Lipinski definition) is 0. The minimum Gasteiger partial charge on any atom is -1.00 e. The Kier molecular flexibility index (Phi) is 4.98. The van der Waals surface area contributed by atoms with Crippen LogP contribution >= 0.6 is 0 Å². The van der Waals surface area contributed by atoms with Crippen molar-refractivity contribution in [2.75, 3.05) is 0 Å². The second-order valence-electron chi connectivity index (χ2n) is 7.92. The molecule has 23 heavy (non-hydrogen) atoms. The molecular formula is C20H26F2Hf. The molecule has 1 saturated heterocycles. The van der Waals surface area contributed by atoms with E-state index in [1.54, 1.807) is 19.5 Å². The van der Waals surface area contributed by atoms with Gasteiger partial charge in [0.1, 0.15) is 0 Å². The van der Waals surface area contributed by atoms with Gasteiger partial charge in [0.2, 0.25) is 0 Å². The van der Waals surface area contributed by atoms with Gasteiger partial charge in [-0.3, -0.25) is 0 Å². The Morgan fingerprint density at radius 3 is 1.52 bits per heavy atom. The zero-order chi connectivity index (χ0) is 13.9. The summed E-state index contributed by atoms with van der Waals surface area (Å²) in [5, 5.41) is 0. The molecule has 0 N–H and O–H groups in total. The first-order valence-corrected chi connectivity index (χ1v) is 18.4. The summed E-state index contributed by atoms with van der Waals surface area (Å²) in [7, 11) is 0. The Hall–Kier alpha value is -0.310. The van der Waals surface area contributed by atoms with E-state index in [4.69, 9.17) is 0 Å². The normalized spacial score (nSPS) is 31.7. The Balaban J connectivity index is 0.000000781. The molecule has 0 aromatic rings. The quantitative estimate of drug-likeness (QED) is 0.502. The largest absolute Gasteiger partial charge is 1.00 e. The zero-order valence-corrected chi connectivity index (χ0v) is 17.4. The summed E-state index contributed by atoms with van der Waals surface area (Å²) in [5.41, 5.74) is 7.44. The summed E-state index contributed by atoms with van der Waals surface area (Å²) in [6.45, 7) is 0. The smallest absolute Gasteiger partial charge is 1.00 e. The van der Waals surface area contributed by atoms with Gasteiger partial charge >= 0.3 is 134 Å². The Bertz CT molecular complexity index is 557. The number of allylic oxidation sites excluding steroid dienone is 8. The van der Waals surface area contributed by atoms with Gasteiger partial charge in [-0.25, -0.2) is 0 Å². The van der Waals surface area contributed by atoms with Gasteiger partial charge in [0, 0.05) is 0 Å². The third-order valence-electron chi connectivity index (χ3n) is 6.91. The predicted molar refractivity (Wildman–Crippen MR) is 86.4 cm³/mol. The molecule has 2 atom stereocenters. The van der Waals surface area contributed by atoms with Crippen molar-refractivity contribution in [3.8, 4) is 0 Å². The van der Waals surface area contributed by atoms with E-state index in [2.05, 4.69) is 24.3 Å². The summed E-state index contributed by atoms with van der Waals surface area (Å²) >= 11 is -2.10. The molecule has 2 unspecified atom stereocenters. The van der Waals surface area contributed by atoms with Gasteiger partial charge in [0.05, 0.1) is 0 Å². The van der Waals surface area contributed by atoms with Crippen LogP contribution in [0.2, 0.25) is 15.7 Å². The maximum absolute atomic E-state index is 2.69. The van der Waals surface area contributed by atoms with Crippen molar-refractivity contribution < 1.29 is 29.4 Å². The molecule has 0 saturated carbocycles. The maximum Gasteiger partial charge on any atom is -1.00 e. The summed E-state index contributed by atoms with van der Waals surface area (Å²) in [4.78, 5) is 0. The maximum atomic E-state index is 2.69. The molecule has 1 aliphatic heterocycles. The van der Waals surface area contributed by atoms with Crippen molar-refractivity contribution in [2.45, 2.75) is 67.1 Å². The number of halogens is 2. The Labute approximate surface area is 142 Å². The molecule has 0 nitrogen and oxygen atoms in total. The zero-order valence-electron chi connectivity index (χ0n) is 13.8. The second-order valence-corrected chi connectivity index (χ2v) is 24.8. The van der Waals surface area contributed by atoms with Crippen molar-refractivity contribution in [2.24, 2.45) is 0 Å². The van der Waals surface area contributed by atoms with Crippen LogP contribution in [0.1, 0.15) is 51.4 Å². The van der Waals surface area contributed by atoms with Crippen LogP contribution in [-0.4, -0.2) is 0 Å². The van der Waals surface area contributed by atoms with Gasteiger partial charge in [0.25, 0.3) is 0 Å². The van der Waals surface area contributed by atoms with Gasteiger partial charge in [0.15, 0.2) is 0 Å². The molecule has 0 aromatic carbocycles. The minimum absolute atomic E-state index is 0. The van der Waals surface area contributed by atoms with Crippen molar-refractivity contribution in [1.29, 1.82) is 0 Å². The molecule has 1 fully saturated rings. The fourth-order valence-electron chi connectivity index (χ4n) is 5.69. The molecule has 3 heteroatoms. The fraction of sp³-hybridized carbons (Fsp3) is 0.600. The molecule has 5 aliphatic rings. The van der Waals surface area contributed by atoms with Crippen LogP contribution < -0.4 is 9.41 Å². The van der Waals surface area contributed by atoms with Crippen LogP contribution in [-0.2, 0) is 20.0 Å². The van der Waals surface area contributed by atoms with Crippen molar-refractivity contribution in [1.82, 2.24) is 0 Å². The van der Waals surface area contributed by atoms with Crippen molar-refractivity contribution in [3.63, 3.8) is 0 Å². The molecule has 1 heterocycles. The van der Waals surface area contributed by atoms with Crippen LogP contribution in [0.5, 0.6) is 0 Å². The third-order valence-corrected chi connectivity index (χ3v) is 25.6. The molecular weight excluding hydrogens is 457 g/mol. The summed E-state index contributed by atoms with van der Waals surface area (Å²) in [6, 6.07) is 0. The van der Waals surface area contributed by atoms with E-state index in [9.17, 15) is 0 Å². The number of rotatable bonds is 2. The molecule has 0 amide bonds. The molecule has 0 spiro atoms. The minimum atomic E-state index is -2.10. The van der Waals surface area contributed by atoms with E-state index in [0.29, 0.717) is 0 Å². The topological polar surface area (TPSA) is 0 Å². The van der Waals surface area contributed by atoms with Crippen molar-refractivity contribution in [3.05, 3.63) is 46.6 Å². The average Bonchev–Trinajstić information content (AvgIpc) is 3.03. The molecule has 124 valence electrons. The van der Waals surface area contributed by atoms with E-state index >= 15 is 0 Å². The summed E-state index contributed by atoms with van der Waals surface area (Å²) in [5.74, 6) is 0. The van der Waals surface area contributed by atoms with E-state index in [1.807, 2.05) is 11.1 Å². The Morgan fingerprint density at radius 1 is 0.652 bits per heavy atom. The van der Waals surface area contributed by atoms with E-state index < -0.39 is 20.0 Å². The van der Waals surface area contributed by atoms with Crippen LogP contribution in [0.15, 0.2) is 46.6 Å². The van der Waals surface area contributed by atoms with Crippen LogP contribution in [0, 0.1) is 0 Å². The summed E-state index contributed by atoms with van der Waals surface area (Å²) < 4.78 is 5.39. The second kappa shape index (κ2) is 6.54. The Morgan fingerprint density at radius 2 is 1.09 bits per heavy atom. The summed E-state index contributed by atoms with van der Waals surface area (Å²) in [6.07, 6.45) is 22.0. The van der Waals surface area contributed by atoms with Gasteiger partial charge in [-0.05, 0) is 0 Å². The molecule has 0 radical (unpaired) electrons. The van der Waals surface area contributed by atoms with E-state index in [1.165, 1.54) is 51.4 Å². The SMILES string of the molecule is C1=C[CH]([Hf+2]2([CH]3C=CC4=C3CCCC4)[CH2][CH2]2)C2=C1CCCC2.[F-].[F-]. The first-order valence-electron chi connectivity index (χ1n) is 9.19. The van der Waals surface area contributed by atoms with Crippen molar-refractivity contribution >= 4 is 0 Å². The first-order chi connectivity index (χ1) is 10.4. The van der Waals surface area contributed by atoms with Crippen LogP contribution in [0.4, 0.5) is 0 Å².